The van der Waals surface area contributed by atoms with Crippen LogP contribution in [0, 0.1) is 11.2 Å². The van der Waals surface area contributed by atoms with Crippen LogP contribution in [0.5, 0.6) is 11.5 Å². The summed E-state index contributed by atoms with van der Waals surface area (Å²) in [7, 11) is 3.00. The molecule has 0 radical (unpaired) electrons. The average molecular weight is 827 g/mol. The Morgan fingerprint density at radius 2 is 1.71 bits per heavy atom. The molecule has 1 aliphatic heterocycles. The van der Waals surface area contributed by atoms with Crippen molar-refractivity contribution in [1.29, 1.82) is 0 Å². The number of halogens is 4. The maximum atomic E-state index is 16.5. The van der Waals surface area contributed by atoms with Crippen molar-refractivity contribution in [2.24, 2.45) is 10.4 Å². The van der Waals surface area contributed by atoms with Gasteiger partial charge in [-0.25, -0.2) is 18.9 Å². The highest BCUT2D eigenvalue weighted by Crippen LogP contribution is 2.46. The first kappa shape index (κ1) is 43.5. The first-order valence-corrected chi connectivity index (χ1v) is 18.5. The van der Waals surface area contributed by atoms with Crippen LogP contribution in [0.1, 0.15) is 87.6 Å². The van der Waals surface area contributed by atoms with Crippen molar-refractivity contribution in [3.63, 3.8) is 0 Å². The van der Waals surface area contributed by atoms with Gasteiger partial charge in [0, 0.05) is 35.5 Å². The Kier molecular flexibility index (Phi) is 12.8. The van der Waals surface area contributed by atoms with Gasteiger partial charge >= 0.3 is 12.6 Å². The number of aliphatic hydroxyl groups excluding tert-OH is 1. The first-order valence-electron chi connectivity index (χ1n) is 18.2. The van der Waals surface area contributed by atoms with E-state index in [-0.39, 0.29) is 51.8 Å². The molecule has 2 heterocycles. The second-order valence-corrected chi connectivity index (χ2v) is 16.2. The maximum absolute atomic E-state index is 16.5. The van der Waals surface area contributed by atoms with E-state index in [9.17, 15) is 23.5 Å². The third-order valence-electron chi connectivity index (χ3n) is 9.08. The topological polar surface area (TPSA) is 157 Å². The number of rotatable bonds is 12. The molecule has 3 aromatic carbocycles. The summed E-state index contributed by atoms with van der Waals surface area (Å²) in [5, 5.41) is 20.0. The van der Waals surface area contributed by atoms with E-state index in [1.807, 2.05) is 20.8 Å². The van der Waals surface area contributed by atoms with Crippen molar-refractivity contribution in [1.82, 2.24) is 25.3 Å². The van der Waals surface area contributed by atoms with Gasteiger partial charge in [0.15, 0.2) is 5.54 Å². The number of aromatic nitrogens is 2. The number of amides is 3. The van der Waals surface area contributed by atoms with Gasteiger partial charge in [-0.1, -0.05) is 50.6 Å². The second-order valence-electron chi connectivity index (χ2n) is 15.8. The Balaban J connectivity index is 1.58. The van der Waals surface area contributed by atoms with Gasteiger partial charge in [-0.15, -0.1) is 0 Å². The fraction of sp³-hybridized carbons (Fsp3) is 0.390. The van der Waals surface area contributed by atoms with Crippen LogP contribution in [-0.2, 0) is 21.6 Å². The zero-order valence-electron chi connectivity index (χ0n) is 33.3. The van der Waals surface area contributed by atoms with Crippen molar-refractivity contribution in [2.45, 2.75) is 78.2 Å². The van der Waals surface area contributed by atoms with Crippen LogP contribution in [0.25, 0.3) is 11.1 Å². The van der Waals surface area contributed by atoms with Crippen LogP contribution in [-0.4, -0.2) is 70.1 Å². The van der Waals surface area contributed by atoms with Gasteiger partial charge < -0.3 is 24.6 Å². The van der Waals surface area contributed by atoms with Crippen LogP contribution in [0.15, 0.2) is 72.0 Å². The van der Waals surface area contributed by atoms with Crippen molar-refractivity contribution < 1.29 is 46.9 Å². The zero-order valence-corrected chi connectivity index (χ0v) is 34.1. The Bertz CT molecular complexity index is 2220. The highest BCUT2D eigenvalue weighted by atomic mass is 35.5. The standard InChI is InChI=1S/C41H46ClF3N6O7/c1-39(2,3)22-41(29-13-10-23(16-31(29)43)26-19-47-50(20-26)36(44)45)35(54)51(37(49-41)48-38(55)58-40(4,5)6)32(21-52)24-11-14-30(42)28(15-24)34(53)46-18-25-9-12-27(56-7)17-33(25)57-8/h9-17,19-20,32,36,52H,18,21-22H2,1-8H3,(H,46,53)(H,48,49,55)/t32-,41?/m1/s1. The van der Waals surface area contributed by atoms with E-state index in [4.69, 9.17) is 30.8 Å². The Morgan fingerprint density at radius 3 is 2.29 bits per heavy atom. The summed E-state index contributed by atoms with van der Waals surface area (Å²) in [5.74, 6) is -1.59. The monoisotopic (exact) mass is 826 g/mol. The number of alkyl halides is 2. The van der Waals surface area contributed by atoms with Crippen LogP contribution in [0.4, 0.5) is 18.0 Å². The van der Waals surface area contributed by atoms with E-state index in [0.29, 0.717) is 21.7 Å². The molecule has 0 fully saturated rings. The zero-order chi connectivity index (χ0) is 42.7. The van der Waals surface area contributed by atoms with E-state index in [1.54, 1.807) is 39.0 Å². The molecule has 4 aromatic rings. The SMILES string of the molecule is COc1ccc(CNC(=O)c2cc([C@@H](CO)N3C(=O)C(CC(C)(C)C)(c4ccc(-c5cnn(C(F)F)c5)cc4F)N=C3NC(=O)OC(C)(C)C)ccc2Cl)c(OC)c1. The largest absolute Gasteiger partial charge is 0.497 e. The quantitative estimate of drug-likeness (QED) is 0.131. The highest BCUT2D eigenvalue weighted by molar-refractivity contribution is 6.33. The molecule has 17 heteroatoms. The summed E-state index contributed by atoms with van der Waals surface area (Å²) in [4.78, 5) is 47.8. The molecule has 0 saturated heterocycles. The number of ether oxygens (including phenoxy) is 3. The van der Waals surface area contributed by atoms with Crippen molar-refractivity contribution in [2.75, 3.05) is 20.8 Å². The summed E-state index contributed by atoms with van der Waals surface area (Å²) < 4.78 is 59.7. The molecule has 1 aromatic heterocycles. The number of hydrogen-bond acceptors (Lipinski definition) is 9. The summed E-state index contributed by atoms with van der Waals surface area (Å²) in [6.45, 7) is 6.77. The lowest BCUT2D eigenvalue weighted by molar-refractivity contribution is -0.135. The summed E-state index contributed by atoms with van der Waals surface area (Å²) in [6.07, 6.45) is 1.16. The number of benzene rings is 3. The Labute approximate surface area is 339 Å². The van der Waals surface area contributed by atoms with Crippen LogP contribution < -0.4 is 20.1 Å². The Hall–Kier alpha value is -5.61. The lowest BCUT2D eigenvalue weighted by Crippen LogP contribution is -2.50. The number of carbonyl (C=O) groups excluding carboxylic acids is 3. The predicted octanol–water partition coefficient (Wildman–Crippen LogP) is 7.77. The van der Waals surface area contributed by atoms with E-state index >= 15 is 9.18 Å². The number of methoxy groups -OCH3 is 2. The fourth-order valence-electron chi connectivity index (χ4n) is 6.66. The van der Waals surface area contributed by atoms with Gasteiger partial charge in [-0.3, -0.25) is 19.8 Å². The van der Waals surface area contributed by atoms with E-state index < -0.39 is 59.5 Å². The normalized spacial score (nSPS) is 16.3. The molecule has 58 heavy (non-hydrogen) atoms. The minimum absolute atomic E-state index is 0.00748. The third kappa shape index (κ3) is 9.56. The number of nitrogens with zero attached hydrogens (tertiary/aromatic N) is 4. The van der Waals surface area contributed by atoms with Gasteiger partial charge in [0.1, 0.15) is 22.9 Å². The summed E-state index contributed by atoms with van der Waals surface area (Å²) in [6, 6.07) is 12.0. The number of aliphatic imine (C=N–C) groups is 1. The molecular formula is C41H46ClF3N6O7. The number of carbonyl (C=O) groups is 3. The van der Waals surface area contributed by atoms with Gasteiger partial charge in [0.2, 0.25) is 5.96 Å². The fourth-order valence-corrected chi connectivity index (χ4v) is 6.86. The number of aliphatic hydroxyl groups is 1. The molecule has 0 saturated carbocycles. The summed E-state index contributed by atoms with van der Waals surface area (Å²) >= 11 is 6.53. The number of hydrogen-bond donors (Lipinski definition) is 3. The van der Waals surface area contributed by atoms with Gasteiger partial charge in [0.25, 0.3) is 11.8 Å². The maximum Gasteiger partial charge on any atom is 0.414 e. The molecule has 3 N–H and O–H groups in total. The first-order chi connectivity index (χ1) is 27.2. The number of alkyl carbamates (subject to hydrolysis) is 1. The smallest absolute Gasteiger partial charge is 0.414 e. The minimum Gasteiger partial charge on any atom is -0.497 e. The summed E-state index contributed by atoms with van der Waals surface area (Å²) in [5.41, 5.74) is -2.56. The predicted molar refractivity (Wildman–Crippen MR) is 210 cm³/mol. The third-order valence-corrected chi connectivity index (χ3v) is 9.41. The van der Waals surface area contributed by atoms with E-state index in [0.717, 1.165) is 23.4 Å². The molecule has 0 aliphatic carbocycles. The van der Waals surface area contributed by atoms with Crippen molar-refractivity contribution in [3.8, 4) is 22.6 Å². The molecule has 1 unspecified atom stereocenters. The molecular weight excluding hydrogens is 781 g/mol. The van der Waals surface area contributed by atoms with Gasteiger partial charge in [-0.2, -0.15) is 13.9 Å². The lowest BCUT2D eigenvalue weighted by Gasteiger charge is -2.35. The van der Waals surface area contributed by atoms with Gasteiger partial charge in [-0.05, 0) is 74.1 Å². The van der Waals surface area contributed by atoms with Gasteiger partial charge in [0.05, 0.1) is 43.7 Å². The molecule has 2 atom stereocenters. The van der Waals surface area contributed by atoms with E-state index in [2.05, 4.69) is 15.7 Å². The molecule has 0 spiro atoms. The highest BCUT2D eigenvalue weighted by Gasteiger charge is 2.55. The second kappa shape index (κ2) is 17.1. The van der Waals surface area contributed by atoms with Crippen LogP contribution in [0.3, 0.4) is 0 Å². The number of nitrogens with one attached hydrogen (secondary N) is 2. The van der Waals surface area contributed by atoms with Crippen LogP contribution in [0.2, 0.25) is 5.02 Å². The molecule has 310 valence electrons. The molecule has 0 bridgehead atoms. The van der Waals surface area contributed by atoms with Crippen LogP contribution >= 0.6 is 11.6 Å². The number of guanidine groups is 1. The molecule has 13 nitrogen and oxygen atoms in total. The average Bonchev–Trinajstić information content (AvgIpc) is 3.74. The molecule has 5 rings (SSSR count). The minimum atomic E-state index is -2.91. The van der Waals surface area contributed by atoms with Crippen molar-refractivity contribution in [3.05, 3.63) is 100 Å². The van der Waals surface area contributed by atoms with Crippen molar-refractivity contribution >= 4 is 35.5 Å². The molecule has 3 amide bonds. The molecule has 1 aliphatic rings. The lowest BCUT2D eigenvalue weighted by atomic mass is 9.75. The van der Waals surface area contributed by atoms with E-state index in [1.165, 1.54) is 44.6 Å². The Morgan fingerprint density at radius 1 is 0.983 bits per heavy atom.